The molecule has 0 bridgehead atoms. The maximum atomic E-state index is 13.2. The second kappa shape index (κ2) is 9.37. The van der Waals surface area contributed by atoms with E-state index in [2.05, 4.69) is 57.6 Å². The Bertz CT molecular complexity index is 1340. The van der Waals surface area contributed by atoms with Crippen molar-refractivity contribution in [3.63, 3.8) is 0 Å². The third-order valence-electron chi connectivity index (χ3n) is 4.44. The third kappa shape index (κ3) is 5.43. The van der Waals surface area contributed by atoms with E-state index in [-0.39, 0.29) is 17.3 Å². The van der Waals surface area contributed by atoms with Crippen LogP contribution in [0.3, 0.4) is 0 Å². The highest BCUT2D eigenvalue weighted by atomic mass is 79.9. The molecule has 0 radical (unpaired) electrons. The first-order valence-electron chi connectivity index (χ1n) is 9.40. The molecule has 1 aromatic heterocycles. The molecule has 4 amide bonds. The lowest BCUT2D eigenvalue weighted by Gasteiger charge is -2.25. The highest BCUT2D eigenvalue weighted by Crippen LogP contribution is 2.35. The van der Waals surface area contributed by atoms with Crippen LogP contribution in [0.15, 0.2) is 69.7 Å². The zero-order valence-electron chi connectivity index (χ0n) is 16.7. The number of anilines is 4. The van der Waals surface area contributed by atoms with Gasteiger partial charge in [0.1, 0.15) is 4.60 Å². The van der Waals surface area contributed by atoms with E-state index >= 15 is 0 Å². The SMILES string of the molecule is O=C(Nc1ccccc1)NN(C(=O)Nc1nc(Br)cc2c1NS(=O)(=O)C2)c1ccccc1Br. The Morgan fingerprint density at radius 3 is 2.42 bits per heavy atom. The van der Waals surface area contributed by atoms with Crippen molar-refractivity contribution in [2.24, 2.45) is 0 Å². The van der Waals surface area contributed by atoms with Crippen LogP contribution in [0.2, 0.25) is 0 Å². The van der Waals surface area contributed by atoms with Crippen LogP contribution in [0.25, 0.3) is 0 Å². The quantitative estimate of drug-likeness (QED) is 0.259. The molecular formula is C20H16Br2N6O4S. The molecule has 10 nitrogen and oxygen atoms in total. The number of carbonyl (C=O) groups is 2. The number of benzene rings is 2. The number of hydrogen-bond acceptors (Lipinski definition) is 5. The van der Waals surface area contributed by atoms with Gasteiger partial charge in [-0.2, -0.15) is 5.01 Å². The van der Waals surface area contributed by atoms with Gasteiger partial charge < -0.3 is 5.32 Å². The molecule has 170 valence electrons. The minimum atomic E-state index is -3.58. The Kier molecular flexibility index (Phi) is 6.54. The number of halogens is 2. The van der Waals surface area contributed by atoms with Crippen molar-refractivity contribution in [2.75, 3.05) is 20.4 Å². The van der Waals surface area contributed by atoms with Crippen LogP contribution in [-0.4, -0.2) is 25.5 Å². The highest BCUT2D eigenvalue weighted by Gasteiger charge is 2.30. The standard InChI is InChI=1S/C20H16Br2N6O4S/c21-14-8-4-5-9-15(14)28(26-19(29)23-13-6-2-1-3-7-13)20(30)25-18-17-12(10-16(22)24-18)11-33(31,32)27-17/h1-10,27H,11H2,(H2,23,26,29)(H,24,25,30). The van der Waals surface area contributed by atoms with E-state index in [1.165, 1.54) is 0 Å². The minimum Gasteiger partial charge on any atom is -0.307 e. The Hall–Kier alpha value is -3.16. The van der Waals surface area contributed by atoms with Crippen molar-refractivity contribution >= 4 is 76.8 Å². The number of fused-ring (bicyclic) bond motifs is 1. The topological polar surface area (TPSA) is 133 Å². The molecule has 33 heavy (non-hydrogen) atoms. The minimum absolute atomic E-state index is 0.00669. The van der Waals surface area contributed by atoms with Crippen LogP contribution >= 0.6 is 31.9 Å². The predicted octanol–water partition coefficient (Wildman–Crippen LogP) is 4.64. The summed E-state index contributed by atoms with van der Waals surface area (Å²) in [7, 11) is -3.58. The van der Waals surface area contributed by atoms with Gasteiger partial charge in [0, 0.05) is 10.2 Å². The Balaban J connectivity index is 1.62. The third-order valence-corrected chi connectivity index (χ3v) is 6.72. The van der Waals surface area contributed by atoms with Crippen LogP contribution in [0, 0.1) is 0 Å². The maximum Gasteiger partial charge on any atom is 0.346 e. The average molecular weight is 596 g/mol. The lowest BCUT2D eigenvalue weighted by molar-refractivity contribution is 0.243. The summed E-state index contributed by atoms with van der Waals surface area (Å²) in [6, 6.07) is 15.6. The lowest BCUT2D eigenvalue weighted by Crippen LogP contribution is -2.50. The molecule has 4 N–H and O–H groups in total. The zero-order valence-corrected chi connectivity index (χ0v) is 20.7. The molecule has 4 rings (SSSR count). The molecule has 1 aliphatic rings. The number of carbonyl (C=O) groups excluding carboxylic acids is 2. The molecule has 0 spiro atoms. The van der Waals surface area contributed by atoms with Gasteiger partial charge >= 0.3 is 12.1 Å². The second-order valence-corrected chi connectivity index (χ2v) is 10.2. The van der Waals surface area contributed by atoms with E-state index < -0.39 is 22.1 Å². The number of hydrogen-bond donors (Lipinski definition) is 4. The number of nitrogens with one attached hydrogen (secondary N) is 4. The number of hydrazine groups is 1. The Morgan fingerprint density at radius 2 is 1.70 bits per heavy atom. The summed E-state index contributed by atoms with van der Waals surface area (Å²) in [5.41, 5.74) is 4.00. The zero-order chi connectivity index (χ0) is 23.6. The number of amides is 4. The summed E-state index contributed by atoms with van der Waals surface area (Å²) >= 11 is 6.60. The highest BCUT2D eigenvalue weighted by molar-refractivity contribution is 9.10. The normalized spacial score (nSPS) is 13.4. The molecule has 2 aromatic carbocycles. The molecule has 2 heterocycles. The number of sulfonamides is 1. The van der Waals surface area contributed by atoms with E-state index in [1.807, 2.05) is 6.07 Å². The van der Waals surface area contributed by atoms with E-state index in [9.17, 15) is 18.0 Å². The van der Waals surface area contributed by atoms with E-state index in [1.54, 1.807) is 54.6 Å². The molecule has 0 atom stereocenters. The predicted molar refractivity (Wildman–Crippen MR) is 132 cm³/mol. The number of rotatable bonds is 3. The molecule has 0 aliphatic carbocycles. The van der Waals surface area contributed by atoms with Crippen LogP contribution in [-0.2, 0) is 15.8 Å². The summed E-state index contributed by atoms with van der Waals surface area (Å²) < 4.78 is 27.3. The fraction of sp³-hybridized carbons (Fsp3) is 0.0500. The molecule has 0 fully saturated rings. The largest absolute Gasteiger partial charge is 0.346 e. The smallest absolute Gasteiger partial charge is 0.307 e. The average Bonchev–Trinajstić information content (AvgIpc) is 3.07. The molecular weight excluding hydrogens is 580 g/mol. The summed E-state index contributed by atoms with van der Waals surface area (Å²) in [4.78, 5) is 30.0. The van der Waals surface area contributed by atoms with Crippen LogP contribution in [0.4, 0.5) is 32.5 Å². The van der Waals surface area contributed by atoms with Gasteiger partial charge in [0.05, 0.1) is 17.1 Å². The van der Waals surface area contributed by atoms with Crippen LogP contribution in [0.1, 0.15) is 5.56 Å². The molecule has 0 saturated carbocycles. The second-order valence-electron chi connectivity index (χ2n) is 6.84. The Labute approximate surface area is 206 Å². The fourth-order valence-electron chi connectivity index (χ4n) is 3.07. The van der Waals surface area contributed by atoms with Crippen LogP contribution in [0.5, 0.6) is 0 Å². The van der Waals surface area contributed by atoms with Crippen LogP contribution < -0.4 is 25.8 Å². The van der Waals surface area contributed by atoms with E-state index in [0.29, 0.717) is 26.0 Å². The molecule has 13 heteroatoms. The van der Waals surface area contributed by atoms with Crippen molar-refractivity contribution < 1.29 is 18.0 Å². The lowest BCUT2D eigenvalue weighted by atomic mass is 10.2. The molecule has 0 saturated heterocycles. The number of pyridine rings is 1. The van der Waals surface area contributed by atoms with Gasteiger partial charge in [-0.25, -0.2) is 28.4 Å². The van der Waals surface area contributed by atoms with Gasteiger partial charge in [-0.3, -0.25) is 10.0 Å². The van der Waals surface area contributed by atoms with Gasteiger partial charge in [-0.05, 0) is 67.8 Å². The number of urea groups is 2. The van der Waals surface area contributed by atoms with Crippen molar-refractivity contribution in [1.82, 2.24) is 10.4 Å². The first-order chi connectivity index (χ1) is 15.7. The van der Waals surface area contributed by atoms with Gasteiger partial charge in [0.2, 0.25) is 10.0 Å². The summed E-state index contributed by atoms with van der Waals surface area (Å²) in [6.07, 6.45) is 0. The van der Waals surface area contributed by atoms with Gasteiger partial charge in [-0.15, -0.1) is 0 Å². The molecule has 0 unspecified atom stereocenters. The number of aromatic nitrogens is 1. The fourth-order valence-corrected chi connectivity index (χ4v) is 5.23. The van der Waals surface area contributed by atoms with Gasteiger partial charge in [-0.1, -0.05) is 30.3 Å². The maximum absolute atomic E-state index is 13.2. The van der Waals surface area contributed by atoms with Crippen molar-refractivity contribution in [3.8, 4) is 0 Å². The number of para-hydroxylation sites is 2. The summed E-state index contributed by atoms with van der Waals surface area (Å²) in [6.45, 7) is 0. The molecule has 1 aliphatic heterocycles. The molecule has 3 aromatic rings. The van der Waals surface area contributed by atoms with Crippen molar-refractivity contribution in [3.05, 3.63) is 75.3 Å². The monoisotopic (exact) mass is 594 g/mol. The van der Waals surface area contributed by atoms with Crippen molar-refractivity contribution in [2.45, 2.75) is 5.75 Å². The Morgan fingerprint density at radius 1 is 1.00 bits per heavy atom. The first kappa shape index (κ1) is 23.0. The first-order valence-corrected chi connectivity index (χ1v) is 12.6. The van der Waals surface area contributed by atoms with Gasteiger partial charge in [0.15, 0.2) is 5.82 Å². The van der Waals surface area contributed by atoms with Crippen molar-refractivity contribution in [1.29, 1.82) is 0 Å². The van der Waals surface area contributed by atoms with Gasteiger partial charge in [0.25, 0.3) is 0 Å². The van der Waals surface area contributed by atoms with E-state index in [4.69, 9.17) is 0 Å². The van der Waals surface area contributed by atoms with E-state index in [0.717, 1.165) is 5.01 Å². The summed E-state index contributed by atoms with van der Waals surface area (Å²) in [5, 5.41) is 6.20. The summed E-state index contributed by atoms with van der Waals surface area (Å²) in [5.74, 6) is -0.245. The number of nitrogens with zero attached hydrogens (tertiary/aromatic N) is 2.